The Labute approximate surface area is 214 Å². The quantitative estimate of drug-likeness (QED) is 0.351. The monoisotopic (exact) mass is 515 g/mol. The van der Waals surface area contributed by atoms with Gasteiger partial charge in [-0.3, -0.25) is 0 Å². The molecule has 12 heteroatoms. The molecule has 3 N–H and O–H groups in total. The molecule has 1 aliphatic heterocycles. The molecule has 0 aromatic carbocycles. The molecule has 3 aromatic heterocycles. The summed E-state index contributed by atoms with van der Waals surface area (Å²) < 4.78 is 40.0. The van der Waals surface area contributed by atoms with Gasteiger partial charge in [0.05, 0.1) is 23.1 Å². The van der Waals surface area contributed by atoms with Crippen LogP contribution < -0.4 is 25.8 Å². The lowest BCUT2D eigenvalue weighted by atomic mass is 9.96. The van der Waals surface area contributed by atoms with Gasteiger partial charge in [0.2, 0.25) is 5.95 Å². The largest absolute Gasteiger partial charge is 0.417 e. The molecule has 0 spiro atoms. The van der Waals surface area contributed by atoms with Gasteiger partial charge >= 0.3 is 6.18 Å². The second kappa shape index (κ2) is 11.2. The molecule has 0 radical (unpaired) electrons. The Morgan fingerprint density at radius 2 is 1.89 bits per heavy atom. The SMILES string of the molecule is CNCCCN(C)c1ccc(CNc2ncc(N(C)C)c(C3CNc4ncc(C(F)(F)F)cc43)n2)cn1. The Bertz CT molecular complexity index is 1200. The van der Waals surface area contributed by atoms with E-state index < -0.39 is 17.7 Å². The first-order chi connectivity index (χ1) is 17.7. The van der Waals surface area contributed by atoms with Crippen molar-refractivity contribution in [3.8, 4) is 0 Å². The van der Waals surface area contributed by atoms with E-state index in [-0.39, 0.29) is 0 Å². The van der Waals surface area contributed by atoms with Crippen molar-refractivity contribution in [1.82, 2.24) is 25.3 Å². The van der Waals surface area contributed by atoms with Gasteiger partial charge in [-0.15, -0.1) is 0 Å². The number of anilines is 4. The van der Waals surface area contributed by atoms with Crippen molar-refractivity contribution < 1.29 is 13.2 Å². The highest BCUT2D eigenvalue weighted by atomic mass is 19.4. The lowest BCUT2D eigenvalue weighted by Gasteiger charge is -2.21. The number of alkyl halides is 3. The van der Waals surface area contributed by atoms with Crippen molar-refractivity contribution in [1.29, 1.82) is 0 Å². The van der Waals surface area contributed by atoms with Crippen LogP contribution in [0.3, 0.4) is 0 Å². The number of hydrogen-bond acceptors (Lipinski definition) is 9. The van der Waals surface area contributed by atoms with Crippen LogP contribution in [0.1, 0.15) is 34.7 Å². The van der Waals surface area contributed by atoms with Crippen LogP contribution in [0, 0.1) is 0 Å². The van der Waals surface area contributed by atoms with Crippen molar-refractivity contribution in [2.45, 2.75) is 25.1 Å². The van der Waals surface area contributed by atoms with Crippen molar-refractivity contribution >= 4 is 23.3 Å². The molecule has 0 fully saturated rings. The number of rotatable bonds is 10. The first kappa shape index (κ1) is 26.4. The summed E-state index contributed by atoms with van der Waals surface area (Å²) >= 11 is 0. The van der Waals surface area contributed by atoms with Gasteiger partial charge in [0.1, 0.15) is 11.6 Å². The summed E-state index contributed by atoms with van der Waals surface area (Å²) in [6.45, 7) is 2.70. The fraction of sp³-hybridized carbons (Fsp3) is 0.440. The topological polar surface area (TPSA) is 94.1 Å². The van der Waals surface area contributed by atoms with Crippen LogP contribution in [0.15, 0.2) is 36.8 Å². The van der Waals surface area contributed by atoms with Gasteiger partial charge in [-0.2, -0.15) is 13.2 Å². The molecule has 3 aromatic rings. The first-order valence-corrected chi connectivity index (χ1v) is 12.1. The minimum absolute atomic E-state index is 0.391. The third kappa shape index (κ3) is 6.19. The van der Waals surface area contributed by atoms with E-state index in [9.17, 15) is 13.2 Å². The maximum atomic E-state index is 13.3. The van der Waals surface area contributed by atoms with Gasteiger partial charge in [-0.05, 0) is 37.7 Å². The molecule has 0 bridgehead atoms. The second-order valence-electron chi connectivity index (χ2n) is 9.21. The van der Waals surface area contributed by atoms with Crippen LogP contribution in [0.25, 0.3) is 0 Å². The summed E-state index contributed by atoms with van der Waals surface area (Å²) in [5.41, 5.74) is 2.02. The number of nitrogens with one attached hydrogen (secondary N) is 3. The molecule has 1 unspecified atom stereocenters. The zero-order valence-electron chi connectivity index (χ0n) is 21.4. The van der Waals surface area contributed by atoms with Gasteiger partial charge in [-0.25, -0.2) is 19.9 Å². The third-order valence-electron chi connectivity index (χ3n) is 6.27. The molecule has 4 rings (SSSR count). The predicted octanol–water partition coefficient (Wildman–Crippen LogP) is 3.57. The molecule has 198 valence electrons. The number of aromatic nitrogens is 4. The van der Waals surface area contributed by atoms with E-state index in [1.165, 1.54) is 0 Å². The summed E-state index contributed by atoms with van der Waals surface area (Å²) in [5.74, 6) is 1.33. The highest BCUT2D eigenvalue weighted by molar-refractivity contribution is 5.62. The van der Waals surface area contributed by atoms with E-state index in [2.05, 4.69) is 35.8 Å². The standard InChI is InChI=1S/C25H32F3N9/c1-29-8-5-9-37(4)21-7-6-16(11-30-21)12-33-24-34-15-20(36(2)3)22(35-24)19-14-32-23-18(19)10-17(13-31-23)25(26,27)28/h6-7,10-11,13,15,19,29H,5,8-9,12,14H2,1-4H3,(H,31,32)(H,33,34,35). The fourth-order valence-corrected chi connectivity index (χ4v) is 4.21. The van der Waals surface area contributed by atoms with Gasteiger partial charge in [0.15, 0.2) is 0 Å². The average Bonchev–Trinajstić information content (AvgIpc) is 3.30. The average molecular weight is 516 g/mol. The highest BCUT2D eigenvalue weighted by Crippen LogP contribution is 2.40. The lowest BCUT2D eigenvalue weighted by molar-refractivity contribution is -0.137. The van der Waals surface area contributed by atoms with Gasteiger partial charge in [0, 0.05) is 64.7 Å². The summed E-state index contributed by atoms with van der Waals surface area (Å²) in [4.78, 5) is 21.7. The Morgan fingerprint density at radius 1 is 1.08 bits per heavy atom. The van der Waals surface area contributed by atoms with Crippen LogP contribution in [0.2, 0.25) is 0 Å². The molecule has 4 heterocycles. The Balaban J connectivity index is 1.51. The van der Waals surface area contributed by atoms with Gasteiger partial charge in [-0.1, -0.05) is 6.07 Å². The Hall–Kier alpha value is -3.67. The number of fused-ring (bicyclic) bond motifs is 1. The summed E-state index contributed by atoms with van der Waals surface area (Å²) in [7, 11) is 7.66. The Kier molecular flexibility index (Phi) is 7.96. The van der Waals surface area contributed by atoms with E-state index in [1.807, 2.05) is 51.4 Å². The van der Waals surface area contributed by atoms with E-state index in [4.69, 9.17) is 4.98 Å². The minimum atomic E-state index is -4.47. The summed E-state index contributed by atoms with van der Waals surface area (Å²) in [6, 6.07) is 5.13. The zero-order valence-corrected chi connectivity index (χ0v) is 21.4. The smallest absolute Gasteiger partial charge is 0.375 e. The van der Waals surface area contributed by atoms with Gasteiger partial charge in [0.25, 0.3) is 0 Å². The molecule has 0 saturated heterocycles. The van der Waals surface area contributed by atoms with Gasteiger partial charge < -0.3 is 25.8 Å². The maximum absolute atomic E-state index is 13.3. The number of nitrogens with zero attached hydrogens (tertiary/aromatic N) is 6. The zero-order chi connectivity index (χ0) is 26.6. The molecule has 1 aliphatic rings. The number of halogens is 3. The van der Waals surface area contributed by atoms with Crippen molar-refractivity contribution in [2.75, 3.05) is 68.3 Å². The van der Waals surface area contributed by atoms with E-state index in [1.54, 1.807) is 6.20 Å². The first-order valence-electron chi connectivity index (χ1n) is 12.1. The predicted molar refractivity (Wildman–Crippen MR) is 139 cm³/mol. The fourth-order valence-electron chi connectivity index (χ4n) is 4.21. The normalized spacial score (nSPS) is 14.7. The van der Waals surface area contributed by atoms with Crippen LogP contribution in [-0.4, -0.2) is 67.8 Å². The van der Waals surface area contributed by atoms with Crippen LogP contribution in [-0.2, 0) is 12.7 Å². The molecule has 0 aliphatic carbocycles. The van der Waals surface area contributed by atoms with Crippen LogP contribution >= 0.6 is 0 Å². The van der Waals surface area contributed by atoms with Crippen molar-refractivity contribution in [3.63, 3.8) is 0 Å². The summed E-state index contributed by atoms with van der Waals surface area (Å²) in [6.07, 6.45) is 0.907. The lowest BCUT2D eigenvalue weighted by Crippen LogP contribution is -2.23. The Morgan fingerprint density at radius 3 is 2.57 bits per heavy atom. The molecule has 1 atom stereocenters. The second-order valence-corrected chi connectivity index (χ2v) is 9.21. The summed E-state index contributed by atoms with van der Waals surface area (Å²) in [5, 5.41) is 9.47. The molecule has 9 nitrogen and oxygen atoms in total. The van der Waals surface area contributed by atoms with Crippen LogP contribution in [0.4, 0.5) is 36.4 Å². The van der Waals surface area contributed by atoms with Crippen LogP contribution in [0.5, 0.6) is 0 Å². The molecular weight excluding hydrogens is 483 g/mol. The molecule has 0 saturated carbocycles. The van der Waals surface area contributed by atoms with Crippen molar-refractivity contribution in [2.24, 2.45) is 0 Å². The highest BCUT2D eigenvalue weighted by Gasteiger charge is 2.35. The van der Waals surface area contributed by atoms with Crippen molar-refractivity contribution in [3.05, 3.63) is 59.2 Å². The van der Waals surface area contributed by atoms with E-state index in [0.29, 0.717) is 36.1 Å². The van der Waals surface area contributed by atoms with E-state index >= 15 is 0 Å². The minimum Gasteiger partial charge on any atom is -0.375 e. The van der Waals surface area contributed by atoms with E-state index in [0.717, 1.165) is 48.8 Å². The molecular formula is C25H32F3N9. The molecule has 37 heavy (non-hydrogen) atoms. The number of pyridine rings is 2. The molecule has 0 amide bonds. The maximum Gasteiger partial charge on any atom is 0.417 e. The number of hydrogen-bond donors (Lipinski definition) is 3. The third-order valence-corrected chi connectivity index (χ3v) is 6.27.